The minimum atomic E-state index is -0.256. The van der Waals surface area contributed by atoms with E-state index in [9.17, 15) is 0 Å². The number of pyridine rings is 2. The second-order valence-corrected chi connectivity index (χ2v) is 5.94. The summed E-state index contributed by atoms with van der Waals surface area (Å²) in [4.78, 5) is 8.83. The van der Waals surface area contributed by atoms with Gasteiger partial charge in [-0.3, -0.25) is 9.97 Å². The average Bonchev–Trinajstić information content (AvgIpc) is 2.46. The molecule has 1 aliphatic carbocycles. The first-order valence-corrected chi connectivity index (χ1v) is 7.42. The van der Waals surface area contributed by atoms with Crippen LogP contribution in [0.4, 0.5) is 0 Å². The molecule has 0 aromatic carbocycles. The van der Waals surface area contributed by atoms with E-state index >= 15 is 0 Å². The average molecular weight is 308 g/mol. The lowest BCUT2D eigenvalue weighted by atomic mass is 9.81. The molecule has 2 N–H and O–H groups in total. The molecule has 2 heterocycles. The predicted octanol–water partition coefficient (Wildman–Crippen LogP) is 3.90. The fraction of sp³-hybridized carbons (Fsp3) is 0.333. The van der Waals surface area contributed by atoms with E-state index in [-0.39, 0.29) is 12.0 Å². The van der Waals surface area contributed by atoms with Crippen LogP contribution in [0.15, 0.2) is 30.6 Å². The lowest BCUT2D eigenvalue weighted by Gasteiger charge is -2.29. The molecule has 20 heavy (non-hydrogen) atoms. The van der Waals surface area contributed by atoms with Crippen molar-refractivity contribution < 1.29 is 0 Å². The first kappa shape index (κ1) is 13.8. The second kappa shape index (κ2) is 5.68. The summed E-state index contributed by atoms with van der Waals surface area (Å²) in [7, 11) is 0. The van der Waals surface area contributed by atoms with Crippen molar-refractivity contribution >= 4 is 23.2 Å². The normalized spacial score (nSPS) is 19.4. The lowest BCUT2D eigenvalue weighted by molar-refractivity contribution is 0.456. The van der Waals surface area contributed by atoms with E-state index in [1.54, 1.807) is 12.3 Å². The predicted molar refractivity (Wildman–Crippen MR) is 81.1 cm³/mol. The van der Waals surface area contributed by atoms with Gasteiger partial charge in [-0.15, -0.1) is 0 Å². The summed E-state index contributed by atoms with van der Waals surface area (Å²) >= 11 is 12.1. The molecule has 0 aliphatic heterocycles. The molecule has 5 heteroatoms. The Bertz CT molecular complexity index is 630. The SMILES string of the molecule is NC(c1ncc(Cl)cc1Cl)C1CCCc2cccnc21. The van der Waals surface area contributed by atoms with E-state index < -0.39 is 0 Å². The fourth-order valence-electron chi connectivity index (χ4n) is 2.86. The molecule has 0 bridgehead atoms. The maximum Gasteiger partial charge on any atom is 0.0764 e. The molecular weight excluding hydrogens is 293 g/mol. The summed E-state index contributed by atoms with van der Waals surface area (Å²) in [6.45, 7) is 0. The zero-order valence-corrected chi connectivity index (χ0v) is 12.4. The molecule has 0 fully saturated rings. The number of nitrogens with zero attached hydrogens (tertiary/aromatic N) is 2. The Morgan fingerprint density at radius 3 is 2.95 bits per heavy atom. The molecule has 0 amide bonds. The van der Waals surface area contributed by atoms with Gasteiger partial charge in [0, 0.05) is 24.0 Å². The smallest absolute Gasteiger partial charge is 0.0764 e. The van der Waals surface area contributed by atoms with Crippen LogP contribution in [0.25, 0.3) is 0 Å². The van der Waals surface area contributed by atoms with Gasteiger partial charge in [0.1, 0.15) is 0 Å². The molecule has 0 saturated carbocycles. The van der Waals surface area contributed by atoms with Gasteiger partial charge in [0.25, 0.3) is 0 Å². The monoisotopic (exact) mass is 307 g/mol. The molecule has 3 rings (SSSR count). The van der Waals surface area contributed by atoms with Gasteiger partial charge < -0.3 is 5.73 Å². The Kier molecular flexibility index (Phi) is 3.92. The number of hydrogen-bond donors (Lipinski definition) is 1. The van der Waals surface area contributed by atoms with Crippen molar-refractivity contribution in [2.75, 3.05) is 0 Å². The highest BCUT2D eigenvalue weighted by atomic mass is 35.5. The summed E-state index contributed by atoms with van der Waals surface area (Å²) in [5.41, 5.74) is 9.46. The van der Waals surface area contributed by atoms with E-state index in [1.165, 1.54) is 5.56 Å². The van der Waals surface area contributed by atoms with Gasteiger partial charge in [0.05, 0.1) is 21.8 Å². The van der Waals surface area contributed by atoms with E-state index in [0.717, 1.165) is 25.0 Å². The zero-order valence-electron chi connectivity index (χ0n) is 10.9. The minimum absolute atomic E-state index is 0.158. The summed E-state index contributed by atoms with van der Waals surface area (Å²) in [6.07, 6.45) is 6.59. The number of rotatable bonds is 2. The summed E-state index contributed by atoms with van der Waals surface area (Å²) in [5.74, 6) is 0.158. The fourth-order valence-corrected chi connectivity index (χ4v) is 3.36. The van der Waals surface area contributed by atoms with Gasteiger partial charge in [-0.25, -0.2) is 0 Å². The largest absolute Gasteiger partial charge is 0.322 e. The van der Waals surface area contributed by atoms with Crippen molar-refractivity contribution in [3.63, 3.8) is 0 Å². The third kappa shape index (κ3) is 2.53. The quantitative estimate of drug-likeness (QED) is 0.915. The number of halogens is 2. The highest BCUT2D eigenvalue weighted by Crippen LogP contribution is 2.39. The van der Waals surface area contributed by atoms with Crippen LogP contribution in [0.1, 0.15) is 41.8 Å². The van der Waals surface area contributed by atoms with Crippen molar-refractivity contribution in [1.82, 2.24) is 9.97 Å². The first-order chi connectivity index (χ1) is 9.66. The molecule has 2 aromatic rings. The topological polar surface area (TPSA) is 51.8 Å². The Morgan fingerprint density at radius 1 is 1.30 bits per heavy atom. The number of aryl methyl sites for hydroxylation is 1. The van der Waals surface area contributed by atoms with E-state index in [4.69, 9.17) is 28.9 Å². The maximum atomic E-state index is 6.41. The van der Waals surface area contributed by atoms with Crippen molar-refractivity contribution in [2.24, 2.45) is 5.73 Å². The van der Waals surface area contributed by atoms with E-state index in [2.05, 4.69) is 16.0 Å². The van der Waals surface area contributed by atoms with Crippen molar-refractivity contribution in [2.45, 2.75) is 31.2 Å². The molecule has 0 spiro atoms. The molecule has 0 radical (unpaired) electrons. The highest BCUT2D eigenvalue weighted by Gasteiger charge is 2.29. The summed E-state index contributed by atoms with van der Waals surface area (Å²) < 4.78 is 0. The molecule has 2 aromatic heterocycles. The third-order valence-corrected chi connectivity index (χ3v) is 4.33. The zero-order chi connectivity index (χ0) is 14.1. The number of aromatic nitrogens is 2. The summed E-state index contributed by atoms with van der Waals surface area (Å²) in [5, 5.41) is 1.04. The van der Waals surface area contributed by atoms with E-state index in [0.29, 0.717) is 15.7 Å². The van der Waals surface area contributed by atoms with Crippen LogP contribution < -0.4 is 5.73 Å². The Hall–Kier alpha value is -1.16. The van der Waals surface area contributed by atoms with Gasteiger partial charge >= 0.3 is 0 Å². The Morgan fingerprint density at radius 2 is 2.15 bits per heavy atom. The molecular formula is C15H15Cl2N3. The van der Waals surface area contributed by atoms with Crippen LogP contribution in [0.3, 0.4) is 0 Å². The number of fused-ring (bicyclic) bond motifs is 1. The van der Waals surface area contributed by atoms with Gasteiger partial charge in [0.15, 0.2) is 0 Å². The van der Waals surface area contributed by atoms with Crippen molar-refractivity contribution in [3.8, 4) is 0 Å². The van der Waals surface area contributed by atoms with Crippen LogP contribution in [-0.4, -0.2) is 9.97 Å². The molecule has 2 atom stereocenters. The third-order valence-electron chi connectivity index (χ3n) is 3.82. The van der Waals surface area contributed by atoms with Crippen molar-refractivity contribution in [3.05, 3.63) is 57.6 Å². The Labute approximate surface area is 128 Å². The summed E-state index contributed by atoms with van der Waals surface area (Å²) in [6, 6.07) is 5.53. The van der Waals surface area contributed by atoms with Gasteiger partial charge in [0.2, 0.25) is 0 Å². The van der Waals surface area contributed by atoms with E-state index in [1.807, 2.05) is 12.3 Å². The molecule has 0 saturated heterocycles. The molecule has 104 valence electrons. The van der Waals surface area contributed by atoms with Crippen LogP contribution in [0.5, 0.6) is 0 Å². The first-order valence-electron chi connectivity index (χ1n) is 6.67. The van der Waals surface area contributed by atoms with Gasteiger partial charge in [-0.2, -0.15) is 0 Å². The van der Waals surface area contributed by atoms with Crippen LogP contribution >= 0.6 is 23.2 Å². The second-order valence-electron chi connectivity index (χ2n) is 5.09. The molecule has 2 unspecified atom stereocenters. The highest BCUT2D eigenvalue weighted by molar-refractivity contribution is 6.34. The lowest BCUT2D eigenvalue weighted by Crippen LogP contribution is -2.25. The van der Waals surface area contributed by atoms with Crippen LogP contribution in [0.2, 0.25) is 10.0 Å². The van der Waals surface area contributed by atoms with Crippen LogP contribution in [-0.2, 0) is 6.42 Å². The van der Waals surface area contributed by atoms with Gasteiger partial charge in [-0.1, -0.05) is 29.3 Å². The molecule has 3 nitrogen and oxygen atoms in total. The van der Waals surface area contributed by atoms with Crippen LogP contribution in [0, 0.1) is 0 Å². The molecule has 1 aliphatic rings. The minimum Gasteiger partial charge on any atom is -0.322 e. The van der Waals surface area contributed by atoms with Crippen molar-refractivity contribution in [1.29, 1.82) is 0 Å². The number of nitrogens with two attached hydrogens (primary N) is 1. The van der Waals surface area contributed by atoms with Gasteiger partial charge in [-0.05, 0) is 37.0 Å². The Balaban J connectivity index is 1.97. The maximum absolute atomic E-state index is 6.41. The standard InChI is InChI=1S/C15H15Cl2N3/c16-10-7-12(17)15(20-8-10)13(18)11-5-1-3-9-4-2-6-19-14(9)11/h2,4,6-8,11,13H,1,3,5,18H2. The number of hydrogen-bond acceptors (Lipinski definition) is 3.